The minimum Gasteiger partial charge on any atom is -0.327 e. The zero-order valence-corrected chi connectivity index (χ0v) is 13.3. The first-order chi connectivity index (χ1) is 9.44. The summed E-state index contributed by atoms with van der Waals surface area (Å²) in [6.07, 6.45) is 2.72. The smallest absolute Gasteiger partial charge is 0.280 e. The van der Waals surface area contributed by atoms with E-state index in [4.69, 9.17) is 23.2 Å². The van der Waals surface area contributed by atoms with Crippen LogP contribution in [-0.2, 0) is 4.79 Å². The van der Waals surface area contributed by atoms with E-state index in [9.17, 15) is 4.79 Å². The predicted octanol–water partition coefficient (Wildman–Crippen LogP) is 1.89. The monoisotopic (exact) mass is 316 g/mol. The van der Waals surface area contributed by atoms with Gasteiger partial charge in [-0.15, -0.1) is 0 Å². The first-order valence-corrected chi connectivity index (χ1v) is 7.64. The number of rotatable bonds is 3. The number of hydrogen-bond donors (Lipinski definition) is 2. The van der Waals surface area contributed by atoms with Gasteiger partial charge in [-0.25, -0.2) is 4.98 Å². The van der Waals surface area contributed by atoms with Gasteiger partial charge in [0.2, 0.25) is 0 Å². The molecule has 2 rings (SSSR count). The minimum atomic E-state index is -0.0574. The maximum atomic E-state index is 12.1. The second-order valence-corrected chi connectivity index (χ2v) is 6.66. The van der Waals surface area contributed by atoms with E-state index in [1.807, 2.05) is 0 Å². The quantitative estimate of drug-likeness (QED) is 0.894. The zero-order valence-electron chi connectivity index (χ0n) is 11.7. The standard InChI is InChI=1S/C14H19Cl2N3O/c1-9-3-10(2)7-19(6-9)8-13(20)18-14-12(16)4-11(15)5-17-14/h4-5,9-10H,3,6-8H2,1-2H3,(H,17,18,20)/p+1/t9-,10+. The molecule has 110 valence electrons. The van der Waals surface area contributed by atoms with E-state index in [1.165, 1.54) is 17.5 Å². The molecule has 0 spiro atoms. The lowest BCUT2D eigenvalue weighted by molar-refractivity contribution is -0.904. The molecule has 2 N–H and O–H groups in total. The molecular weight excluding hydrogens is 297 g/mol. The van der Waals surface area contributed by atoms with Gasteiger partial charge >= 0.3 is 0 Å². The van der Waals surface area contributed by atoms with Crippen molar-refractivity contribution in [3.05, 3.63) is 22.3 Å². The van der Waals surface area contributed by atoms with Crippen molar-refractivity contribution < 1.29 is 9.69 Å². The Hall–Kier alpha value is -0.840. The van der Waals surface area contributed by atoms with Gasteiger partial charge in [-0.2, -0.15) is 0 Å². The molecule has 3 atom stereocenters. The maximum absolute atomic E-state index is 12.1. The van der Waals surface area contributed by atoms with Crippen molar-refractivity contribution in [3.63, 3.8) is 0 Å². The van der Waals surface area contributed by atoms with Crippen LogP contribution in [0, 0.1) is 11.8 Å². The summed E-state index contributed by atoms with van der Waals surface area (Å²) >= 11 is 11.8. The average molecular weight is 317 g/mol. The van der Waals surface area contributed by atoms with Crippen LogP contribution >= 0.6 is 23.2 Å². The molecule has 1 amide bonds. The lowest BCUT2D eigenvalue weighted by Gasteiger charge is -2.31. The number of amides is 1. The number of quaternary nitrogens is 1. The molecule has 20 heavy (non-hydrogen) atoms. The van der Waals surface area contributed by atoms with Crippen LogP contribution in [0.4, 0.5) is 5.82 Å². The third-order valence-corrected chi connectivity index (χ3v) is 4.05. The summed E-state index contributed by atoms with van der Waals surface area (Å²) in [4.78, 5) is 17.4. The Balaban J connectivity index is 1.92. The fourth-order valence-electron chi connectivity index (χ4n) is 2.98. The molecule has 0 bridgehead atoms. The number of carbonyl (C=O) groups excluding carboxylic acids is 1. The summed E-state index contributed by atoms with van der Waals surface area (Å²) in [5, 5.41) is 3.57. The van der Waals surface area contributed by atoms with Crippen LogP contribution in [0.15, 0.2) is 12.3 Å². The molecule has 2 heterocycles. The Labute approximate surface area is 129 Å². The van der Waals surface area contributed by atoms with Crippen molar-refractivity contribution in [2.45, 2.75) is 20.3 Å². The number of aromatic nitrogens is 1. The molecule has 0 aromatic carbocycles. The van der Waals surface area contributed by atoms with Crippen molar-refractivity contribution in [2.75, 3.05) is 25.0 Å². The van der Waals surface area contributed by atoms with Crippen LogP contribution in [0.1, 0.15) is 20.3 Å². The summed E-state index contributed by atoms with van der Waals surface area (Å²) in [6.45, 7) is 7.02. The predicted molar refractivity (Wildman–Crippen MR) is 81.4 cm³/mol. The maximum Gasteiger partial charge on any atom is 0.280 e. The number of pyridine rings is 1. The van der Waals surface area contributed by atoms with Gasteiger partial charge in [0.15, 0.2) is 12.4 Å². The summed E-state index contributed by atoms with van der Waals surface area (Å²) in [6, 6.07) is 1.57. The normalized spacial score (nSPS) is 26.3. The molecule has 1 aliphatic heterocycles. The Kier molecular flexibility index (Phi) is 5.24. The number of carbonyl (C=O) groups is 1. The van der Waals surface area contributed by atoms with Gasteiger partial charge in [-0.05, 0) is 12.5 Å². The lowest BCUT2D eigenvalue weighted by atomic mass is 9.92. The van der Waals surface area contributed by atoms with Crippen molar-refractivity contribution in [1.82, 2.24) is 4.98 Å². The first kappa shape index (κ1) is 15.5. The van der Waals surface area contributed by atoms with E-state index in [0.717, 1.165) is 13.1 Å². The van der Waals surface area contributed by atoms with Crippen molar-refractivity contribution >= 4 is 34.9 Å². The molecule has 1 aromatic rings. The van der Waals surface area contributed by atoms with Crippen LogP contribution in [0.2, 0.25) is 10.0 Å². The number of nitrogens with one attached hydrogen (secondary N) is 2. The zero-order chi connectivity index (χ0) is 14.7. The van der Waals surface area contributed by atoms with Gasteiger partial charge in [0.1, 0.15) is 0 Å². The molecule has 1 aromatic heterocycles. The molecule has 6 heteroatoms. The van der Waals surface area contributed by atoms with E-state index in [0.29, 0.717) is 34.2 Å². The van der Waals surface area contributed by atoms with Gasteiger partial charge < -0.3 is 10.2 Å². The van der Waals surface area contributed by atoms with Crippen LogP contribution < -0.4 is 10.2 Å². The molecule has 0 radical (unpaired) electrons. The fourth-order valence-corrected chi connectivity index (χ4v) is 3.40. The van der Waals surface area contributed by atoms with Crippen molar-refractivity contribution in [1.29, 1.82) is 0 Å². The van der Waals surface area contributed by atoms with Crippen LogP contribution in [0.25, 0.3) is 0 Å². The van der Waals surface area contributed by atoms with E-state index >= 15 is 0 Å². The van der Waals surface area contributed by atoms with Crippen LogP contribution in [0.3, 0.4) is 0 Å². The number of halogens is 2. The summed E-state index contributed by atoms with van der Waals surface area (Å²) in [5.41, 5.74) is 0. The average Bonchev–Trinajstić information content (AvgIpc) is 2.31. The Morgan fingerprint density at radius 3 is 2.65 bits per heavy atom. The molecule has 0 saturated carbocycles. The van der Waals surface area contributed by atoms with Gasteiger partial charge in [-0.1, -0.05) is 37.0 Å². The summed E-state index contributed by atoms with van der Waals surface area (Å²) in [7, 11) is 0. The van der Waals surface area contributed by atoms with Gasteiger partial charge in [-0.3, -0.25) is 4.79 Å². The van der Waals surface area contributed by atoms with E-state index in [-0.39, 0.29) is 5.91 Å². The molecule has 0 aliphatic carbocycles. The number of likely N-dealkylation sites (tertiary alicyclic amines) is 1. The largest absolute Gasteiger partial charge is 0.327 e. The first-order valence-electron chi connectivity index (χ1n) is 6.88. The highest BCUT2D eigenvalue weighted by atomic mass is 35.5. The van der Waals surface area contributed by atoms with Crippen molar-refractivity contribution in [3.8, 4) is 0 Å². The molecule has 1 saturated heterocycles. The SMILES string of the molecule is C[C@@H]1C[C@H](C)C[NH+](CC(=O)Nc2ncc(Cl)cc2Cl)C1. The third kappa shape index (κ3) is 4.33. The van der Waals surface area contributed by atoms with Gasteiger partial charge in [0.25, 0.3) is 5.91 Å². The highest BCUT2D eigenvalue weighted by Crippen LogP contribution is 2.22. The third-order valence-electron chi connectivity index (χ3n) is 3.56. The second-order valence-electron chi connectivity index (χ2n) is 5.81. The molecule has 1 aliphatic rings. The second kappa shape index (κ2) is 6.74. The molecule has 4 nitrogen and oxygen atoms in total. The highest BCUT2D eigenvalue weighted by molar-refractivity contribution is 6.36. The van der Waals surface area contributed by atoms with E-state index in [2.05, 4.69) is 24.1 Å². The number of piperidine rings is 1. The van der Waals surface area contributed by atoms with E-state index < -0.39 is 0 Å². The Bertz CT molecular complexity index is 485. The summed E-state index contributed by atoms with van der Waals surface area (Å²) in [5.74, 6) is 1.65. The number of nitrogens with zero attached hydrogens (tertiary/aromatic N) is 1. The number of hydrogen-bond acceptors (Lipinski definition) is 2. The minimum absolute atomic E-state index is 0.0574. The fraction of sp³-hybridized carbons (Fsp3) is 0.571. The topological polar surface area (TPSA) is 46.4 Å². The lowest BCUT2D eigenvalue weighted by Crippen LogP contribution is -3.15. The van der Waals surface area contributed by atoms with Crippen molar-refractivity contribution in [2.24, 2.45) is 11.8 Å². The molecule has 1 fully saturated rings. The molecule has 1 unspecified atom stereocenters. The Morgan fingerprint density at radius 1 is 1.40 bits per heavy atom. The van der Waals surface area contributed by atoms with Gasteiger partial charge in [0, 0.05) is 18.0 Å². The van der Waals surface area contributed by atoms with E-state index in [1.54, 1.807) is 6.07 Å². The van der Waals surface area contributed by atoms with Crippen LogP contribution in [-0.4, -0.2) is 30.5 Å². The highest BCUT2D eigenvalue weighted by Gasteiger charge is 2.26. The van der Waals surface area contributed by atoms with Crippen LogP contribution in [0.5, 0.6) is 0 Å². The summed E-state index contributed by atoms with van der Waals surface area (Å²) < 4.78 is 0. The number of anilines is 1. The molecular formula is C14H20Cl2N3O+. The Morgan fingerprint density at radius 2 is 2.05 bits per heavy atom. The van der Waals surface area contributed by atoms with Gasteiger partial charge in [0.05, 0.1) is 23.1 Å².